The van der Waals surface area contributed by atoms with Crippen LogP contribution in [0, 0.1) is 50.4 Å². The number of nitrogens with zero attached hydrogens (tertiary/aromatic N) is 6. The van der Waals surface area contributed by atoms with Crippen LogP contribution in [0.4, 0.5) is 0 Å². The summed E-state index contributed by atoms with van der Waals surface area (Å²) in [4.78, 5) is 0. The Balaban J connectivity index is 1.33. The Hall–Kier alpha value is -10.4. The van der Waals surface area contributed by atoms with Crippen molar-refractivity contribution < 1.29 is 0 Å². The predicted octanol–water partition coefficient (Wildman–Crippen LogP) is 20.0. The minimum Gasteiger partial charge on any atom is -0.331 e. The van der Waals surface area contributed by atoms with Gasteiger partial charge in [-0.3, -0.25) is 0 Å². The van der Waals surface area contributed by atoms with Gasteiger partial charge in [0.2, 0.25) is 0 Å². The molecule has 0 aliphatic carbocycles. The molecular formula is C78H60N6. The summed E-state index contributed by atoms with van der Waals surface area (Å²) in [5.41, 5.74) is 20.5. The van der Waals surface area contributed by atoms with E-state index in [4.69, 9.17) is 0 Å². The Morgan fingerprint density at radius 3 is 0.905 bits per heavy atom. The van der Waals surface area contributed by atoms with Crippen LogP contribution in [0.2, 0.25) is 0 Å². The molecule has 0 unspecified atom stereocenters. The van der Waals surface area contributed by atoms with E-state index in [1.165, 1.54) is 33.0 Å². The smallest absolute Gasteiger partial charge is 0.0991 e. The summed E-state index contributed by atoms with van der Waals surface area (Å²) in [5.74, 6) is 0. The first-order valence-electron chi connectivity index (χ1n) is 29.0. The average Bonchev–Trinajstić information content (AvgIpc) is 1.58. The third kappa shape index (κ3) is 7.27. The number of fused-ring (bicyclic) bond motifs is 12. The highest BCUT2D eigenvalue weighted by Gasteiger charge is 2.44. The van der Waals surface area contributed by atoms with Crippen LogP contribution in [0.25, 0.3) is 121 Å². The quantitative estimate of drug-likeness (QED) is 0.152. The van der Waals surface area contributed by atoms with Crippen LogP contribution in [-0.4, -0.2) is 18.3 Å². The molecule has 4 heterocycles. The summed E-state index contributed by atoms with van der Waals surface area (Å²) in [6.45, 7) is 18.4. The van der Waals surface area contributed by atoms with Crippen LogP contribution >= 0.6 is 0 Å². The van der Waals surface area contributed by atoms with Gasteiger partial charge < -0.3 is 18.3 Å². The van der Waals surface area contributed by atoms with Crippen molar-refractivity contribution in [3.05, 3.63) is 263 Å². The molecule has 0 saturated carbocycles. The number of aryl methyl sites for hydroxylation is 4. The summed E-state index contributed by atoms with van der Waals surface area (Å²) in [6, 6.07) is 84.8. The molecule has 6 nitrogen and oxygen atoms in total. The number of nitriles is 2. The van der Waals surface area contributed by atoms with Crippen molar-refractivity contribution >= 4 is 87.2 Å². The molecule has 84 heavy (non-hydrogen) atoms. The lowest BCUT2D eigenvalue weighted by Crippen LogP contribution is -2.35. The minimum atomic E-state index is -0.928. The Morgan fingerprint density at radius 1 is 0.298 bits per heavy atom. The fourth-order valence-corrected chi connectivity index (χ4v) is 14.7. The molecule has 0 spiro atoms. The second-order valence-electron chi connectivity index (χ2n) is 24.2. The van der Waals surface area contributed by atoms with Crippen molar-refractivity contribution in [3.63, 3.8) is 0 Å². The normalized spacial score (nSPS) is 12.3. The highest BCUT2D eigenvalue weighted by molar-refractivity contribution is 6.15. The van der Waals surface area contributed by atoms with E-state index in [2.05, 4.69) is 280 Å². The van der Waals surface area contributed by atoms with Crippen molar-refractivity contribution in [2.45, 2.75) is 66.5 Å². The molecular weight excluding hydrogens is 1020 g/mol. The summed E-state index contributed by atoms with van der Waals surface area (Å²) >= 11 is 0. The zero-order chi connectivity index (χ0) is 57.5. The third-order valence-corrected chi connectivity index (χ3v) is 18.1. The van der Waals surface area contributed by atoms with E-state index in [1.807, 2.05) is 24.3 Å². The molecule has 0 bridgehead atoms. The van der Waals surface area contributed by atoms with Crippen LogP contribution in [0.5, 0.6) is 0 Å². The number of para-hydroxylation sites is 4. The number of rotatable bonds is 8. The Morgan fingerprint density at radius 2 is 0.595 bits per heavy atom. The third-order valence-electron chi connectivity index (χ3n) is 18.1. The van der Waals surface area contributed by atoms with Gasteiger partial charge in [0.15, 0.2) is 0 Å². The Kier molecular flexibility index (Phi) is 11.2. The maximum absolute atomic E-state index is 11.1. The molecule has 15 aromatic rings. The van der Waals surface area contributed by atoms with Crippen LogP contribution < -0.4 is 0 Å². The highest BCUT2D eigenvalue weighted by atomic mass is 15.1. The van der Waals surface area contributed by atoms with Gasteiger partial charge in [-0.15, -0.1) is 0 Å². The first-order chi connectivity index (χ1) is 40.8. The fraction of sp³-hybridized carbons (Fsp3) is 0.128. The fourth-order valence-electron chi connectivity index (χ4n) is 14.7. The van der Waals surface area contributed by atoms with Gasteiger partial charge in [0.1, 0.15) is 0 Å². The summed E-state index contributed by atoms with van der Waals surface area (Å²) in [5, 5.41) is 31.5. The molecule has 15 rings (SSSR count). The summed E-state index contributed by atoms with van der Waals surface area (Å²) in [7, 11) is 0. The lowest BCUT2D eigenvalue weighted by Gasteiger charge is -2.42. The minimum absolute atomic E-state index is 0.556. The predicted molar refractivity (Wildman–Crippen MR) is 350 cm³/mol. The molecule has 0 saturated heterocycles. The first-order valence-corrected chi connectivity index (χ1v) is 29.0. The van der Waals surface area contributed by atoms with Gasteiger partial charge in [0.05, 0.1) is 67.8 Å². The SMILES string of the molecule is Cc1ccc2c(c1)c1cc(C)ccc1n2-c1c(-c2cccc(C#N)c2)c(C(C)(C)n2c3ccccc3c3ccccc32)c(-c2cccc(C#N)c2)c(-n2c3ccc(C)cc3c3cc(C)ccc32)c1C(C)(C)n1c2ccccc2c2ccccc21. The number of hydrogen-bond acceptors (Lipinski definition) is 2. The Labute approximate surface area is 488 Å². The maximum atomic E-state index is 11.1. The molecule has 0 atom stereocenters. The second kappa shape index (κ2) is 18.6. The lowest BCUT2D eigenvalue weighted by atomic mass is 9.74. The van der Waals surface area contributed by atoms with Gasteiger partial charge in [-0.25, -0.2) is 0 Å². The molecule has 0 amide bonds. The molecule has 0 fully saturated rings. The van der Waals surface area contributed by atoms with Gasteiger partial charge in [0.25, 0.3) is 0 Å². The Bertz CT molecular complexity index is 4970. The van der Waals surface area contributed by atoms with Crippen molar-refractivity contribution in [1.29, 1.82) is 10.5 Å². The molecule has 0 aliphatic rings. The molecule has 6 heteroatoms. The van der Waals surface area contributed by atoms with E-state index in [0.29, 0.717) is 11.1 Å². The van der Waals surface area contributed by atoms with E-state index in [-0.39, 0.29) is 0 Å². The molecule has 0 N–H and O–H groups in total. The zero-order valence-corrected chi connectivity index (χ0v) is 48.5. The van der Waals surface area contributed by atoms with Crippen molar-refractivity contribution in [1.82, 2.24) is 18.3 Å². The van der Waals surface area contributed by atoms with Gasteiger partial charge >= 0.3 is 0 Å². The molecule has 11 aromatic carbocycles. The van der Waals surface area contributed by atoms with Crippen LogP contribution in [0.1, 0.15) is 72.2 Å². The summed E-state index contributed by atoms with van der Waals surface area (Å²) < 4.78 is 10.3. The topological polar surface area (TPSA) is 67.3 Å². The van der Waals surface area contributed by atoms with E-state index < -0.39 is 11.1 Å². The van der Waals surface area contributed by atoms with Gasteiger partial charge in [-0.1, -0.05) is 144 Å². The zero-order valence-electron chi connectivity index (χ0n) is 48.5. The van der Waals surface area contributed by atoms with Gasteiger partial charge in [-0.2, -0.15) is 10.5 Å². The highest BCUT2D eigenvalue weighted by Crippen LogP contribution is 2.57. The molecule has 0 radical (unpaired) electrons. The van der Waals surface area contributed by atoms with Crippen molar-refractivity contribution in [2.75, 3.05) is 0 Å². The molecule has 0 aliphatic heterocycles. The largest absolute Gasteiger partial charge is 0.331 e. The van der Waals surface area contributed by atoms with Crippen molar-refractivity contribution in [2.24, 2.45) is 0 Å². The molecule has 402 valence electrons. The van der Waals surface area contributed by atoms with Gasteiger partial charge in [-0.05, 0) is 169 Å². The first kappa shape index (κ1) is 50.6. The van der Waals surface area contributed by atoms with Crippen LogP contribution in [0.3, 0.4) is 0 Å². The van der Waals surface area contributed by atoms with Crippen LogP contribution in [0.15, 0.2) is 218 Å². The standard InChI is InChI=1S/C78H60N6/c1-47-31-35-63-59(39-47)60-40-48(2)32-36-64(60)81(63)75-71(53-21-17-19-51(43-53)45-79)73(77(5,6)83-67-27-13-9-23-55(67)56-24-10-14-28-68(56)83)72(54-22-18-20-52(44-54)46-80)76(82-65-37-33-49(3)41-61(65)62-42-50(4)34-38-66(62)82)74(75)78(7,8)84-69-29-15-11-25-57(69)58-26-12-16-30-70(58)84/h9-44H,1-8H3. The number of hydrogen-bond donors (Lipinski definition) is 0. The van der Waals surface area contributed by atoms with Gasteiger partial charge in [0, 0.05) is 81.8 Å². The van der Waals surface area contributed by atoms with Crippen LogP contribution in [-0.2, 0) is 11.1 Å². The van der Waals surface area contributed by atoms with E-state index in [0.717, 1.165) is 121 Å². The second-order valence-corrected chi connectivity index (χ2v) is 24.2. The number of benzene rings is 11. The van der Waals surface area contributed by atoms with Crippen molar-refractivity contribution in [3.8, 4) is 45.8 Å². The maximum Gasteiger partial charge on any atom is 0.0991 e. The number of aromatic nitrogens is 4. The summed E-state index contributed by atoms with van der Waals surface area (Å²) in [6.07, 6.45) is 0. The lowest BCUT2D eigenvalue weighted by molar-refractivity contribution is 0.455. The van der Waals surface area contributed by atoms with E-state index >= 15 is 0 Å². The average molecular weight is 1080 g/mol. The molecule has 4 aromatic heterocycles. The van der Waals surface area contributed by atoms with E-state index in [1.54, 1.807) is 0 Å². The van der Waals surface area contributed by atoms with E-state index in [9.17, 15) is 10.5 Å². The monoisotopic (exact) mass is 1080 g/mol.